The Balaban J connectivity index is 0.000000515. The molecule has 1 unspecified atom stereocenters. The Morgan fingerprint density at radius 3 is 2.28 bits per heavy atom. The molecule has 0 aromatic heterocycles. The molecule has 0 aliphatic carbocycles. The molecule has 2 aromatic carbocycles. The van der Waals surface area contributed by atoms with Gasteiger partial charge in [-0.3, -0.25) is 19.8 Å². The van der Waals surface area contributed by atoms with Gasteiger partial charge in [-0.2, -0.15) is 0 Å². The molecular formula is C23H30ClN3O4S. The number of carboxylic acid groups (broad SMARTS) is 1. The number of amides is 1. The zero-order valence-corrected chi connectivity index (χ0v) is 20.3. The van der Waals surface area contributed by atoms with Crippen molar-refractivity contribution < 1.29 is 19.5 Å². The summed E-state index contributed by atoms with van der Waals surface area (Å²) in [6.07, 6.45) is 0.0912. The van der Waals surface area contributed by atoms with Crippen molar-refractivity contribution in [1.82, 2.24) is 5.32 Å². The monoisotopic (exact) mass is 479 g/mol. The molecule has 174 valence electrons. The van der Waals surface area contributed by atoms with Crippen LogP contribution in [0.25, 0.3) is 0 Å². The first-order valence-corrected chi connectivity index (χ1v) is 10.5. The number of carbonyl (C=O) groups is 3. The van der Waals surface area contributed by atoms with Crippen LogP contribution in [0.4, 0.5) is 0 Å². The number of carbonyl (C=O) groups excluding carboxylic acids is 2. The lowest BCUT2D eigenvalue weighted by Gasteiger charge is -2.11. The molecule has 0 spiro atoms. The zero-order chi connectivity index (χ0) is 24.8. The summed E-state index contributed by atoms with van der Waals surface area (Å²) in [5, 5.41) is 18.1. The highest BCUT2D eigenvalue weighted by molar-refractivity contribution is 7.80. The Morgan fingerprint density at radius 2 is 1.78 bits per heavy atom. The smallest absolute Gasteiger partial charge is 0.303 e. The zero-order valence-electron chi connectivity index (χ0n) is 18.6. The molecule has 1 amide bonds. The van der Waals surface area contributed by atoms with Crippen LogP contribution in [0, 0.1) is 12.3 Å². The second-order valence-electron chi connectivity index (χ2n) is 7.14. The first kappa shape index (κ1) is 29.2. The van der Waals surface area contributed by atoms with Gasteiger partial charge in [-0.25, -0.2) is 0 Å². The highest BCUT2D eigenvalue weighted by Gasteiger charge is 2.13. The number of benzene rings is 2. The van der Waals surface area contributed by atoms with Gasteiger partial charge in [-0.05, 0) is 62.6 Å². The maximum atomic E-state index is 11.4. The van der Waals surface area contributed by atoms with Gasteiger partial charge in [0.25, 0.3) is 5.91 Å². The summed E-state index contributed by atoms with van der Waals surface area (Å²) in [5.74, 6) is -0.973. The maximum absolute atomic E-state index is 11.4. The average molecular weight is 480 g/mol. The van der Waals surface area contributed by atoms with E-state index in [9.17, 15) is 14.4 Å². The van der Waals surface area contributed by atoms with Crippen LogP contribution in [0.5, 0.6) is 0 Å². The van der Waals surface area contributed by atoms with E-state index in [1.165, 1.54) is 13.8 Å². The number of aryl methyl sites for hydroxylation is 1. The van der Waals surface area contributed by atoms with Gasteiger partial charge in [0.2, 0.25) is 0 Å². The molecule has 32 heavy (non-hydrogen) atoms. The summed E-state index contributed by atoms with van der Waals surface area (Å²) in [7, 11) is 0. The summed E-state index contributed by atoms with van der Waals surface area (Å²) in [6, 6.07) is 12.5. The van der Waals surface area contributed by atoms with Gasteiger partial charge >= 0.3 is 5.97 Å². The number of rotatable bonds is 6. The van der Waals surface area contributed by atoms with Crippen LogP contribution in [0.2, 0.25) is 5.02 Å². The molecule has 5 N–H and O–H groups in total. The number of thiol groups is 1. The molecule has 0 aliphatic heterocycles. The van der Waals surface area contributed by atoms with Crippen molar-refractivity contribution in [3.63, 3.8) is 0 Å². The fourth-order valence-electron chi connectivity index (χ4n) is 2.39. The predicted molar refractivity (Wildman–Crippen MR) is 131 cm³/mol. The number of nitrogens with one attached hydrogen (secondary N) is 2. The minimum absolute atomic E-state index is 0.0500. The van der Waals surface area contributed by atoms with Gasteiger partial charge in [0.1, 0.15) is 5.78 Å². The molecule has 0 aliphatic rings. The molecule has 2 aromatic rings. The lowest BCUT2D eigenvalue weighted by atomic mass is 9.98. The van der Waals surface area contributed by atoms with Crippen LogP contribution in [0.1, 0.15) is 54.6 Å². The average Bonchev–Trinajstić information content (AvgIpc) is 2.67. The quantitative estimate of drug-likeness (QED) is 0.237. The van der Waals surface area contributed by atoms with E-state index in [2.05, 4.69) is 17.9 Å². The van der Waals surface area contributed by atoms with Crippen LogP contribution in [-0.2, 0) is 9.59 Å². The van der Waals surface area contributed by atoms with Gasteiger partial charge in [-0.1, -0.05) is 36.2 Å². The van der Waals surface area contributed by atoms with Crippen molar-refractivity contribution in [3.8, 4) is 0 Å². The highest BCUT2D eigenvalue weighted by Crippen LogP contribution is 2.28. The van der Waals surface area contributed by atoms with Gasteiger partial charge in [0.15, 0.2) is 0 Å². The molecule has 0 heterocycles. The molecule has 2 rings (SSSR count). The molecule has 0 radical (unpaired) electrons. The van der Waals surface area contributed by atoms with Gasteiger partial charge in [0, 0.05) is 15.5 Å². The van der Waals surface area contributed by atoms with Crippen LogP contribution in [0.15, 0.2) is 47.4 Å². The predicted octanol–water partition coefficient (Wildman–Crippen LogP) is 4.46. The lowest BCUT2D eigenvalue weighted by molar-refractivity contribution is -0.137. The number of hydrogen-bond acceptors (Lipinski definition) is 5. The van der Waals surface area contributed by atoms with Crippen molar-refractivity contribution in [3.05, 3.63) is 64.2 Å². The molecule has 0 fully saturated rings. The van der Waals surface area contributed by atoms with Crippen molar-refractivity contribution >= 4 is 47.7 Å². The highest BCUT2D eigenvalue weighted by atomic mass is 35.5. The second kappa shape index (κ2) is 15.0. The largest absolute Gasteiger partial charge is 0.481 e. The van der Waals surface area contributed by atoms with E-state index in [4.69, 9.17) is 27.9 Å². The number of aliphatic carboxylic acids is 1. The van der Waals surface area contributed by atoms with Gasteiger partial charge < -0.3 is 16.2 Å². The lowest BCUT2D eigenvalue weighted by Crippen LogP contribution is -2.28. The topological polar surface area (TPSA) is 133 Å². The number of amidine groups is 1. The molecule has 0 saturated carbocycles. The Labute approximate surface area is 199 Å². The van der Waals surface area contributed by atoms with Crippen molar-refractivity contribution in [2.24, 2.45) is 5.73 Å². The van der Waals surface area contributed by atoms with Crippen molar-refractivity contribution in [2.75, 3.05) is 6.54 Å². The van der Waals surface area contributed by atoms with Crippen LogP contribution >= 0.6 is 24.2 Å². The molecule has 0 bridgehead atoms. The Morgan fingerprint density at radius 1 is 1.19 bits per heavy atom. The second-order valence-corrected chi connectivity index (χ2v) is 8.06. The van der Waals surface area contributed by atoms with Gasteiger partial charge in [-0.15, -0.1) is 12.6 Å². The molecule has 7 nitrogen and oxygen atoms in total. The van der Waals surface area contributed by atoms with E-state index in [1.807, 2.05) is 26.0 Å². The van der Waals surface area contributed by atoms with E-state index in [0.717, 1.165) is 16.0 Å². The fourth-order valence-corrected chi connectivity index (χ4v) is 2.93. The molecular weight excluding hydrogens is 450 g/mol. The van der Waals surface area contributed by atoms with E-state index in [1.54, 1.807) is 30.3 Å². The fraction of sp³-hybridized carbons (Fsp3) is 0.304. The standard InChI is InChI=1S/C11H13NO2.C10H11ClO2S.C2H6N2/c1-8-4-3-5-10(6-8)11(14)12-7-9(2)13;1-6(4-10(12)13)8-5-7(11)2-3-9(8)14;1-2(3)4/h3-6H,7H2,1-2H3,(H,12,14);2-3,5-6,14H,4H2,1H3,(H,12,13);1H3,(H3,3,4). The van der Waals surface area contributed by atoms with E-state index in [-0.39, 0.29) is 36.4 Å². The summed E-state index contributed by atoms with van der Waals surface area (Å²) in [5.41, 5.74) is 7.19. The minimum Gasteiger partial charge on any atom is -0.481 e. The number of ketones is 1. The number of carboxylic acids is 1. The molecule has 1 atom stereocenters. The van der Waals surface area contributed by atoms with Crippen molar-refractivity contribution in [2.45, 2.75) is 44.9 Å². The Hall–Kier alpha value is -2.84. The third kappa shape index (κ3) is 13.5. The maximum Gasteiger partial charge on any atom is 0.303 e. The van der Waals surface area contributed by atoms with Crippen LogP contribution in [-0.4, -0.2) is 35.1 Å². The molecule has 0 saturated heterocycles. The van der Waals surface area contributed by atoms with E-state index >= 15 is 0 Å². The normalized spacial score (nSPS) is 10.4. The summed E-state index contributed by atoms with van der Waals surface area (Å²) >= 11 is 10.1. The van der Waals surface area contributed by atoms with Crippen LogP contribution < -0.4 is 11.1 Å². The van der Waals surface area contributed by atoms with E-state index in [0.29, 0.717) is 10.6 Å². The van der Waals surface area contributed by atoms with Gasteiger partial charge in [0.05, 0.1) is 18.8 Å². The minimum atomic E-state index is -0.815. The summed E-state index contributed by atoms with van der Waals surface area (Å²) in [6.45, 7) is 6.82. The number of hydrogen-bond donors (Lipinski definition) is 5. The van der Waals surface area contributed by atoms with Crippen molar-refractivity contribution in [1.29, 1.82) is 5.41 Å². The first-order chi connectivity index (χ1) is 14.8. The summed E-state index contributed by atoms with van der Waals surface area (Å²) in [4.78, 5) is 33.4. The first-order valence-electron chi connectivity index (χ1n) is 9.68. The van der Waals surface area contributed by atoms with Crippen LogP contribution in [0.3, 0.4) is 0 Å². The third-order valence-corrected chi connectivity index (χ3v) is 4.42. The Kier molecular flexibility index (Phi) is 13.7. The summed E-state index contributed by atoms with van der Waals surface area (Å²) < 4.78 is 0. The Bertz CT molecular complexity index is 947. The number of nitrogens with two attached hydrogens (primary N) is 1. The van der Waals surface area contributed by atoms with E-state index < -0.39 is 5.97 Å². The third-order valence-electron chi connectivity index (χ3n) is 3.78. The number of Topliss-reactive ketones (excluding diaryl/α,β-unsaturated/α-hetero) is 1. The SMILES string of the molecule is CC(=N)N.CC(=O)CNC(=O)c1cccc(C)c1.CC(CC(=O)O)c1cc(Cl)ccc1S. The molecule has 9 heteroatoms. The number of halogens is 1.